The number of nitrogens with one attached hydrogen (secondary N) is 2. The second-order valence-electron chi connectivity index (χ2n) is 19.5. The van der Waals surface area contributed by atoms with E-state index in [9.17, 15) is 45.0 Å². The fourth-order valence-corrected chi connectivity index (χ4v) is 10.0. The maximum atomic E-state index is 15.1. The Bertz CT molecular complexity index is 1940. The van der Waals surface area contributed by atoms with Gasteiger partial charge in [0, 0.05) is 24.7 Å². The van der Waals surface area contributed by atoms with Gasteiger partial charge < -0.3 is 69.7 Å². The van der Waals surface area contributed by atoms with E-state index in [4.69, 9.17) is 33.3 Å². The van der Waals surface area contributed by atoms with Gasteiger partial charge in [-0.15, -0.1) is 0 Å². The molecule has 3 aliphatic carbocycles. The van der Waals surface area contributed by atoms with Gasteiger partial charge in [-0.1, -0.05) is 36.4 Å². The van der Waals surface area contributed by atoms with Crippen LogP contribution in [0.5, 0.6) is 0 Å². The van der Waals surface area contributed by atoms with Crippen molar-refractivity contribution >= 4 is 29.8 Å². The molecule has 8 N–H and O–H groups in total. The molecular weight excluding hydrogens is 854 g/mol. The zero-order valence-electron chi connectivity index (χ0n) is 37.0. The number of carbonyl (C=O) groups excluding carboxylic acids is 4. The minimum Gasteiger partial charge on any atom is -0.460 e. The number of rotatable bonds is 18. The van der Waals surface area contributed by atoms with Gasteiger partial charge in [-0.3, -0.25) is 24.0 Å². The van der Waals surface area contributed by atoms with E-state index in [1.54, 1.807) is 39.0 Å². The van der Waals surface area contributed by atoms with Crippen molar-refractivity contribution in [3.05, 3.63) is 41.5 Å². The van der Waals surface area contributed by atoms with Crippen LogP contribution in [-0.4, -0.2) is 170 Å². The largest absolute Gasteiger partial charge is 0.460 e. The van der Waals surface area contributed by atoms with Crippen LogP contribution in [0, 0.1) is 17.3 Å². The number of aliphatic hydroxyl groups is 6. The molecule has 4 aliphatic heterocycles. The average Bonchev–Trinajstić information content (AvgIpc) is 4.21. The molecule has 14 unspecified atom stereocenters. The zero-order valence-corrected chi connectivity index (χ0v) is 37.0. The Morgan fingerprint density at radius 2 is 1.71 bits per heavy atom. The van der Waals surface area contributed by atoms with Gasteiger partial charge in [-0.05, 0) is 70.9 Å². The Morgan fingerprint density at radius 1 is 1.00 bits per heavy atom. The number of fused-ring (bicyclic) bond motifs is 4. The first-order chi connectivity index (χ1) is 30.9. The molecule has 4 saturated heterocycles. The lowest BCUT2D eigenvalue weighted by atomic mass is 9.62. The zero-order chi connectivity index (χ0) is 46.6. The van der Waals surface area contributed by atoms with Crippen LogP contribution in [-0.2, 0) is 59.0 Å². The summed E-state index contributed by atoms with van der Waals surface area (Å²) in [6, 6.07) is 3.49. The highest BCUT2D eigenvalue weighted by Gasteiger charge is 2.78. The van der Waals surface area contributed by atoms with Crippen LogP contribution in [0.1, 0.15) is 83.8 Å². The summed E-state index contributed by atoms with van der Waals surface area (Å²) < 4.78 is 36.2. The number of esters is 2. The van der Waals surface area contributed by atoms with Crippen molar-refractivity contribution in [2.75, 3.05) is 19.8 Å². The van der Waals surface area contributed by atoms with E-state index in [0.29, 0.717) is 11.1 Å². The molecular formula is C45H63N3O17. The van der Waals surface area contributed by atoms with Gasteiger partial charge in [0.25, 0.3) is 0 Å². The molecule has 7 fully saturated rings. The molecule has 360 valence electrons. The van der Waals surface area contributed by atoms with Crippen LogP contribution in [0.25, 0.3) is 6.08 Å². The third-order valence-corrected chi connectivity index (χ3v) is 13.4. The van der Waals surface area contributed by atoms with Crippen LogP contribution in [0.4, 0.5) is 0 Å². The van der Waals surface area contributed by atoms with Gasteiger partial charge in [0.05, 0.1) is 38.5 Å². The van der Waals surface area contributed by atoms with Crippen molar-refractivity contribution in [2.45, 2.75) is 170 Å². The molecule has 7 aliphatic rings. The van der Waals surface area contributed by atoms with Gasteiger partial charge in [0.15, 0.2) is 18.1 Å². The molecule has 1 aromatic rings. The second-order valence-corrected chi connectivity index (χ2v) is 19.5. The minimum absolute atomic E-state index is 0.00377. The molecule has 0 aromatic heterocycles. The Labute approximate surface area is 376 Å². The van der Waals surface area contributed by atoms with E-state index in [2.05, 4.69) is 10.6 Å². The van der Waals surface area contributed by atoms with E-state index in [1.807, 2.05) is 18.2 Å². The van der Waals surface area contributed by atoms with E-state index in [1.165, 1.54) is 12.0 Å². The average molecular weight is 918 g/mol. The van der Waals surface area contributed by atoms with E-state index in [-0.39, 0.29) is 44.2 Å². The van der Waals surface area contributed by atoms with Gasteiger partial charge in [0.2, 0.25) is 11.8 Å². The molecule has 8 rings (SSSR count). The summed E-state index contributed by atoms with van der Waals surface area (Å²) in [5, 5.41) is 67.8. The van der Waals surface area contributed by atoms with Crippen LogP contribution in [0.2, 0.25) is 0 Å². The molecule has 2 amide bonds. The molecule has 20 nitrogen and oxygen atoms in total. The molecule has 0 spiro atoms. The van der Waals surface area contributed by atoms with Gasteiger partial charge in [0.1, 0.15) is 65.9 Å². The lowest BCUT2D eigenvalue weighted by Gasteiger charge is -2.49. The van der Waals surface area contributed by atoms with Crippen molar-refractivity contribution in [3.63, 3.8) is 0 Å². The van der Waals surface area contributed by atoms with Crippen LogP contribution in [0.15, 0.2) is 30.3 Å². The SMILES string of the molecule is CC(O)C(NC(=O)C12CC3OC(=O)C1N(Cc1cccc(C=CCOC4OC(CO)C(O)C(O)C4O)c1)OC2C1OC(C2CC2)(C2CC2)OC31)C(=O)NC(CO)CCC(=O)OC(C)(C)C. The quantitative estimate of drug-likeness (QED) is 0.0827. The van der Waals surface area contributed by atoms with Crippen molar-refractivity contribution in [1.82, 2.24) is 15.7 Å². The summed E-state index contributed by atoms with van der Waals surface area (Å²) in [5.41, 5.74) is -1.01. The molecule has 3 saturated carbocycles. The third kappa shape index (κ3) is 9.60. The second kappa shape index (κ2) is 18.8. The molecule has 14 atom stereocenters. The van der Waals surface area contributed by atoms with Crippen molar-refractivity contribution in [1.29, 1.82) is 0 Å². The molecule has 2 bridgehead atoms. The Kier molecular flexibility index (Phi) is 13.8. The van der Waals surface area contributed by atoms with Gasteiger partial charge in [-0.25, -0.2) is 0 Å². The van der Waals surface area contributed by atoms with E-state index >= 15 is 4.79 Å². The topological polar surface area (TPSA) is 282 Å². The van der Waals surface area contributed by atoms with E-state index in [0.717, 1.165) is 25.7 Å². The lowest BCUT2D eigenvalue weighted by molar-refractivity contribution is -0.298. The standard InChI is InChI=1S/C45H63N3O17/c1-22(51)31(39(56)46-27(20-49)14-15-30(52)62-43(2,3)4)47-42(58)44-18-28-35-36(64-45(63-35,25-10-11-25)26-12-13-26)38(44)65-48(37(44)40(57)60-28)19-24-8-5-7-23(17-24)9-6-16-59-41-34(55)33(54)32(53)29(21-50)61-41/h5-9,17,22,25-29,31-38,41,49-51,53-55H,10-16,18-21H2,1-4H3,(H,46,56)(H,47,58). The van der Waals surface area contributed by atoms with Crippen molar-refractivity contribution in [3.8, 4) is 0 Å². The number of carbonyl (C=O) groups is 4. The molecule has 1 aromatic carbocycles. The maximum Gasteiger partial charge on any atom is 0.327 e. The maximum absolute atomic E-state index is 15.1. The first-order valence-corrected chi connectivity index (χ1v) is 22.7. The number of aliphatic hydroxyl groups excluding tert-OH is 6. The molecule has 20 heteroatoms. The molecule has 65 heavy (non-hydrogen) atoms. The summed E-state index contributed by atoms with van der Waals surface area (Å²) in [5.74, 6) is -3.41. The summed E-state index contributed by atoms with van der Waals surface area (Å²) in [6.45, 7) is 5.32. The summed E-state index contributed by atoms with van der Waals surface area (Å²) in [6.07, 6.45) is -5.07. The minimum atomic E-state index is -1.67. The number of hydroxylamine groups is 2. The Balaban J connectivity index is 1.01. The highest BCUT2D eigenvalue weighted by Crippen LogP contribution is 2.64. The first-order valence-electron chi connectivity index (χ1n) is 22.7. The number of ether oxygens (including phenoxy) is 6. The summed E-state index contributed by atoms with van der Waals surface area (Å²) in [4.78, 5) is 62.4. The fourth-order valence-electron chi connectivity index (χ4n) is 10.0. The van der Waals surface area contributed by atoms with E-state index < -0.39 is 133 Å². The summed E-state index contributed by atoms with van der Waals surface area (Å²) in [7, 11) is 0. The third-order valence-electron chi connectivity index (χ3n) is 13.4. The normalized spacial score (nSPS) is 35.5. The molecule has 0 radical (unpaired) electrons. The predicted octanol–water partition coefficient (Wildman–Crippen LogP) is -0.919. The molecule has 4 heterocycles. The van der Waals surface area contributed by atoms with Crippen molar-refractivity contribution in [2.24, 2.45) is 17.3 Å². The van der Waals surface area contributed by atoms with Gasteiger partial charge >= 0.3 is 11.9 Å². The monoisotopic (exact) mass is 917 g/mol. The van der Waals surface area contributed by atoms with Crippen LogP contribution in [0.3, 0.4) is 0 Å². The Morgan fingerprint density at radius 3 is 2.35 bits per heavy atom. The first kappa shape index (κ1) is 47.8. The number of amides is 2. The van der Waals surface area contributed by atoms with Crippen molar-refractivity contribution < 1.29 is 83.1 Å². The Hall–Kier alpha value is -3.64. The number of hydrogen-bond donors (Lipinski definition) is 8. The smallest absolute Gasteiger partial charge is 0.327 e. The summed E-state index contributed by atoms with van der Waals surface area (Å²) >= 11 is 0. The highest BCUT2D eigenvalue weighted by atomic mass is 16.8. The van der Waals surface area contributed by atoms with Crippen LogP contribution < -0.4 is 10.6 Å². The highest BCUT2D eigenvalue weighted by molar-refractivity contribution is 5.96. The van der Waals surface area contributed by atoms with Crippen LogP contribution >= 0.6 is 0 Å². The number of nitrogens with zero attached hydrogens (tertiary/aromatic N) is 1. The fraction of sp³-hybridized carbons (Fsp3) is 0.733. The van der Waals surface area contributed by atoms with Gasteiger partial charge in [-0.2, -0.15) is 5.06 Å². The predicted molar refractivity (Wildman–Crippen MR) is 222 cm³/mol. The lowest BCUT2D eigenvalue weighted by Crippen LogP contribution is -2.71. The number of benzene rings is 1. The number of hydrogen-bond acceptors (Lipinski definition) is 18.